The van der Waals surface area contributed by atoms with E-state index in [4.69, 9.17) is 5.73 Å². The zero-order valence-corrected chi connectivity index (χ0v) is 12.4. The highest BCUT2D eigenvalue weighted by Crippen LogP contribution is 2.19. The van der Waals surface area contributed by atoms with E-state index in [1.165, 1.54) is 18.2 Å². The molecule has 1 aromatic rings. The highest BCUT2D eigenvalue weighted by molar-refractivity contribution is 5.93. The summed E-state index contributed by atoms with van der Waals surface area (Å²) in [4.78, 5) is 14.0. The Morgan fingerprint density at radius 2 is 2.15 bits per heavy atom. The van der Waals surface area contributed by atoms with Crippen molar-refractivity contribution in [3.8, 4) is 0 Å². The SMILES string of the molecule is CC(C)CN(C)CCCC(=O)Nc1ccc(F)cc1N. The van der Waals surface area contributed by atoms with Crippen LogP contribution >= 0.6 is 0 Å². The number of nitrogens with one attached hydrogen (secondary N) is 1. The fourth-order valence-electron chi connectivity index (χ4n) is 2.08. The lowest BCUT2D eigenvalue weighted by atomic mass is 10.2. The molecule has 0 unspecified atom stereocenters. The number of amides is 1. The van der Waals surface area contributed by atoms with Gasteiger partial charge in [-0.05, 0) is 44.1 Å². The van der Waals surface area contributed by atoms with E-state index in [1.54, 1.807) is 0 Å². The number of hydrogen-bond donors (Lipinski definition) is 2. The van der Waals surface area contributed by atoms with Crippen molar-refractivity contribution in [2.24, 2.45) is 5.92 Å². The summed E-state index contributed by atoms with van der Waals surface area (Å²) in [5.74, 6) is 0.116. The highest BCUT2D eigenvalue weighted by Gasteiger charge is 2.07. The topological polar surface area (TPSA) is 58.4 Å². The van der Waals surface area contributed by atoms with Crippen LogP contribution in [-0.4, -0.2) is 30.9 Å². The molecule has 4 nitrogen and oxygen atoms in total. The van der Waals surface area contributed by atoms with E-state index in [1.807, 2.05) is 0 Å². The first-order valence-electron chi connectivity index (χ1n) is 6.92. The van der Waals surface area contributed by atoms with Crippen LogP contribution in [0.2, 0.25) is 0 Å². The first-order chi connectivity index (χ1) is 9.38. The Balaban J connectivity index is 2.33. The molecule has 0 aliphatic heterocycles. The number of halogens is 1. The maximum Gasteiger partial charge on any atom is 0.224 e. The number of nitrogens with two attached hydrogens (primary N) is 1. The molecule has 0 heterocycles. The molecule has 0 aromatic heterocycles. The fourth-order valence-corrected chi connectivity index (χ4v) is 2.08. The monoisotopic (exact) mass is 281 g/mol. The number of benzene rings is 1. The van der Waals surface area contributed by atoms with E-state index >= 15 is 0 Å². The van der Waals surface area contributed by atoms with Gasteiger partial charge < -0.3 is 16.0 Å². The van der Waals surface area contributed by atoms with E-state index in [0.29, 0.717) is 18.0 Å². The standard InChI is InChI=1S/C15H24FN3O/c1-11(2)10-19(3)8-4-5-15(20)18-14-7-6-12(16)9-13(14)17/h6-7,9,11H,4-5,8,10,17H2,1-3H3,(H,18,20). The van der Waals surface area contributed by atoms with Crippen LogP contribution in [-0.2, 0) is 4.79 Å². The first-order valence-corrected chi connectivity index (χ1v) is 6.92. The van der Waals surface area contributed by atoms with Crippen LogP contribution < -0.4 is 11.1 Å². The van der Waals surface area contributed by atoms with Gasteiger partial charge in [0, 0.05) is 13.0 Å². The molecular weight excluding hydrogens is 257 g/mol. The minimum Gasteiger partial charge on any atom is -0.397 e. The zero-order valence-electron chi connectivity index (χ0n) is 12.4. The summed E-state index contributed by atoms with van der Waals surface area (Å²) in [6.07, 6.45) is 1.22. The van der Waals surface area contributed by atoms with Crippen molar-refractivity contribution in [3.63, 3.8) is 0 Å². The molecule has 0 bridgehead atoms. The lowest BCUT2D eigenvalue weighted by Crippen LogP contribution is -2.25. The van der Waals surface area contributed by atoms with Crippen LogP contribution in [0.5, 0.6) is 0 Å². The van der Waals surface area contributed by atoms with E-state index in [9.17, 15) is 9.18 Å². The molecule has 0 aliphatic carbocycles. The van der Waals surface area contributed by atoms with Gasteiger partial charge in [-0.2, -0.15) is 0 Å². The van der Waals surface area contributed by atoms with Crippen molar-refractivity contribution in [1.82, 2.24) is 4.90 Å². The van der Waals surface area contributed by atoms with E-state index in [-0.39, 0.29) is 11.6 Å². The van der Waals surface area contributed by atoms with Crippen LogP contribution in [0.1, 0.15) is 26.7 Å². The lowest BCUT2D eigenvalue weighted by molar-refractivity contribution is -0.116. The molecule has 1 rings (SSSR count). The van der Waals surface area contributed by atoms with Crippen molar-refractivity contribution in [2.75, 3.05) is 31.2 Å². The van der Waals surface area contributed by atoms with Gasteiger partial charge in [-0.3, -0.25) is 4.79 Å². The Kier molecular flexibility index (Phi) is 6.45. The molecule has 0 atom stereocenters. The first kappa shape index (κ1) is 16.4. The summed E-state index contributed by atoms with van der Waals surface area (Å²) in [6, 6.07) is 3.96. The second-order valence-electron chi connectivity index (χ2n) is 5.54. The third kappa shape index (κ3) is 6.02. The van der Waals surface area contributed by atoms with E-state index in [0.717, 1.165) is 19.5 Å². The summed E-state index contributed by atoms with van der Waals surface area (Å²) in [5, 5.41) is 2.70. The van der Waals surface area contributed by atoms with Gasteiger partial charge in [-0.15, -0.1) is 0 Å². The quantitative estimate of drug-likeness (QED) is 0.756. The molecule has 0 spiro atoms. The number of carbonyl (C=O) groups excluding carboxylic acids is 1. The number of rotatable bonds is 7. The summed E-state index contributed by atoms with van der Waals surface area (Å²) < 4.78 is 12.9. The third-order valence-electron chi connectivity index (χ3n) is 2.91. The van der Waals surface area contributed by atoms with Crippen LogP contribution in [0.4, 0.5) is 15.8 Å². The molecule has 112 valence electrons. The average molecular weight is 281 g/mol. The second kappa shape index (κ2) is 7.85. The third-order valence-corrected chi connectivity index (χ3v) is 2.91. The Labute approximate surface area is 120 Å². The molecule has 0 aliphatic rings. The maximum atomic E-state index is 12.9. The van der Waals surface area contributed by atoms with Gasteiger partial charge in [0.2, 0.25) is 5.91 Å². The van der Waals surface area contributed by atoms with Crippen molar-refractivity contribution in [3.05, 3.63) is 24.0 Å². The maximum absolute atomic E-state index is 12.9. The number of hydrogen-bond acceptors (Lipinski definition) is 3. The molecule has 3 N–H and O–H groups in total. The smallest absolute Gasteiger partial charge is 0.224 e. The van der Waals surface area contributed by atoms with Crippen LogP contribution in [0.25, 0.3) is 0 Å². The van der Waals surface area contributed by atoms with Crippen molar-refractivity contribution < 1.29 is 9.18 Å². The van der Waals surface area contributed by atoms with Gasteiger partial charge in [-0.25, -0.2) is 4.39 Å². The predicted molar refractivity (Wildman–Crippen MR) is 81.0 cm³/mol. The fraction of sp³-hybridized carbons (Fsp3) is 0.533. The van der Waals surface area contributed by atoms with Gasteiger partial charge in [-0.1, -0.05) is 13.8 Å². The van der Waals surface area contributed by atoms with Crippen molar-refractivity contribution in [2.45, 2.75) is 26.7 Å². The molecule has 0 saturated heterocycles. The van der Waals surface area contributed by atoms with Crippen LogP contribution in [0.15, 0.2) is 18.2 Å². The molecule has 1 amide bonds. The molecule has 1 aromatic carbocycles. The predicted octanol–water partition coefficient (Wildman–Crippen LogP) is 2.71. The molecule has 0 radical (unpaired) electrons. The van der Waals surface area contributed by atoms with E-state index in [2.05, 4.69) is 31.1 Å². The number of nitrogens with zero attached hydrogens (tertiary/aromatic N) is 1. The Hall–Kier alpha value is -1.62. The average Bonchev–Trinajstić information content (AvgIpc) is 2.31. The van der Waals surface area contributed by atoms with Crippen LogP contribution in [0, 0.1) is 11.7 Å². The number of carbonyl (C=O) groups is 1. The molecule has 0 fully saturated rings. The second-order valence-corrected chi connectivity index (χ2v) is 5.54. The largest absolute Gasteiger partial charge is 0.397 e. The minimum absolute atomic E-state index is 0.0961. The minimum atomic E-state index is -0.407. The summed E-state index contributed by atoms with van der Waals surface area (Å²) >= 11 is 0. The Morgan fingerprint density at radius 1 is 1.45 bits per heavy atom. The van der Waals surface area contributed by atoms with Gasteiger partial charge in [0.1, 0.15) is 5.82 Å². The van der Waals surface area contributed by atoms with Gasteiger partial charge >= 0.3 is 0 Å². The van der Waals surface area contributed by atoms with Gasteiger partial charge in [0.25, 0.3) is 0 Å². The van der Waals surface area contributed by atoms with Crippen molar-refractivity contribution in [1.29, 1.82) is 0 Å². The number of anilines is 2. The zero-order chi connectivity index (χ0) is 15.1. The molecule has 20 heavy (non-hydrogen) atoms. The normalized spacial score (nSPS) is 11.1. The molecular formula is C15H24FN3O. The summed E-state index contributed by atoms with van der Waals surface area (Å²) in [7, 11) is 2.05. The molecule has 5 heteroatoms. The highest BCUT2D eigenvalue weighted by atomic mass is 19.1. The van der Waals surface area contributed by atoms with Gasteiger partial charge in [0.15, 0.2) is 0 Å². The van der Waals surface area contributed by atoms with Crippen molar-refractivity contribution >= 4 is 17.3 Å². The lowest BCUT2D eigenvalue weighted by Gasteiger charge is -2.18. The summed E-state index contributed by atoms with van der Waals surface area (Å²) in [6.45, 7) is 6.23. The molecule has 0 saturated carbocycles. The Morgan fingerprint density at radius 3 is 2.75 bits per heavy atom. The Bertz CT molecular complexity index is 449. The summed E-state index contributed by atoms with van der Waals surface area (Å²) in [5.41, 5.74) is 6.35. The van der Waals surface area contributed by atoms with Crippen LogP contribution in [0.3, 0.4) is 0 Å². The van der Waals surface area contributed by atoms with E-state index < -0.39 is 5.82 Å². The number of nitrogen functional groups attached to an aromatic ring is 1. The van der Waals surface area contributed by atoms with Gasteiger partial charge in [0.05, 0.1) is 11.4 Å².